The molecule has 0 radical (unpaired) electrons. The summed E-state index contributed by atoms with van der Waals surface area (Å²) in [6.07, 6.45) is 1.41. The van der Waals surface area contributed by atoms with Gasteiger partial charge < -0.3 is 10.6 Å². The summed E-state index contributed by atoms with van der Waals surface area (Å²) in [5.74, 6) is 0.227. The van der Waals surface area contributed by atoms with Crippen molar-refractivity contribution in [2.45, 2.75) is 0 Å². The first-order valence-electron chi connectivity index (χ1n) is 4.85. The molecule has 0 fully saturated rings. The van der Waals surface area contributed by atoms with Crippen molar-refractivity contribution in [3.8, 4) is 0 Å². The first-order valence-corrected chi connectivity index (χ1v) is 5.23. The van der Waals surface area contributed by atoms with Gasteiger partial charge >= 0.3 is 0 Å². The Morgan fingerprint density at radius 3 is 2.88 bits per heavy atom. The second kappa shape index (κ2) is 4.55. The van der Waals surface area contributed by atoms with Crippen LogP contribution < -0.4 is 10.6 Å². The molecule has 1 aromatic carbocycles. The SMILES string of the molecule is CN(c1cccc(F)c1)c1nc(N)ncc1Cl. The Balaban J connectivity index is 2.43. The zero-order valence-corrected chi connectivity index (χ0v) is 9.82. The van der Waals surface area contributed by atoms with E-state index in [-0.39, 0.29) is 11.8 Å². The smallest absolute Gasteiger partial charge is 0.222 e. The van der Waals surface area contributed by atoms with Crippen LogP contribution in [0.2, 0.25) is 5.02 Å². The van der Waals surface area contributed by atoms with Crippen molar-refractivity contribution in [3.05, 3.63) is 41.3 Å². The third-order valence-corrected chi connectivity index (χ3v) is 2.52. The molecule has 0 aliphatic carbocycles. The predicted octanol–water partition coefficient (Wildman–Crippen LogP) is 2.62. The molecule has 0 saturated heterocycles. The molecular formula is C11H10ClFN4. The van der Waals surface area contributed by atoms with Crippen molar-refractivity contribution in [1.29, 1.82) is 0 Å². The van der Waals surface area contributed by atoms with Gasteiger partial charge in [-0.1, -0.05) is 17.7 Å². The van der Waals surface area contributed by atoms with Gasteiger partial charge in [0.1, 0.15) is 10.8 Å². The van der Waals surface area contributed by atoms with Gasteiger partial charge in [0, 0.05) is 12.7 Å². The largest absolute Gasteiger partial charge is 0.368 e. The van der Waals surface area contributed by atoms with Gasteiger partial charge in [-0.3, -0.25) is 0 Å². The van der Waals surface area contributed by atoms with Crippen LogP contribution in [0.15, 0.2) is 30.5 Å². The number of hydrogen-bond acceptors (Lipinski definition) is 4. The van der Waals surface area contributed by atoms with Gasteiger partial charge in [-0.25, -0.2) is 9.37 Å². The van der Waals surface area contributed by atoms with Crippen LogP contribution in [0.5, 0.6) is 0 Å². The number of halogens is 2. The van der Waals surface area contributed by atoms with E-state index in [1.165, 1.54) is 18.3 Å². The molecule has 2 rings (SSSR count). The maximum absolute atomic E-state index is 13.1. The van der Waals surface area contributed by atoms with Gasteiger partial charge in [0.05, 0.1) is 6.20 Å². The van der Waals surface area contributed by atoms with E-state index < -0.39 is 0 Å². The Kier molecular flexibility index (Phi) is 3.10. The molecule has 0 unspecified atom stereocenters. The molecule has 0 saturated carbocycles. The highest BCUT2D eigenvalue weighted by Gasteiger charge is 2.11. The molecule has 0 bridgehead atoms. The van der Waals surface area contributed by atoms with Crippen molar-refractivity contribution < 1.29 is 4.39 Å². The Morgan fingerprint density at radius 1 is 1.41 bits per heavy atom. The number of rotatable bonds is 2. The third-order valence-electron chi connectivity index (χ3n) is 2.26. The number of nitrogens with two attached hydrogens (primary N) is 1. The van der Waals surface area contributed by atoms with Crippen LogP contribution in [0.4, 0.5) is 21.8 Å². The number of aromatic nitrogens is 2. The Morgan fingerprint density at radius 2 is 2.18 bits per heavy atom. The average molecular weight is 253 g/mol. The molecule has 2 aromatic rings. The summed E-state index contributed by atoms with van der Waals surface area (Å²) in [4.78, 5) is 9.43. The maximum atomic E-state index is 13.1. The lowest BCUT2D eigenvalue weighted by Crippen LogP contribution is -2.13. The van der Waals surface area contributed by atoms with E-state index in [1.807, 2.05) is 0 Å². The molecule has 0 spiro atoms. The lowest BCUT2D eigenvalue weighted by molar-refractivity contribution is 0.628. The van der Waals surface area contributed by atoms with Crippen molar-refractivity contribution in [2.75, 3.05) is 17.7 Å². The summed E-state index contributed by atoms with van der Waals surface area (Å²) >= 11 is 5.96. The average Bonchev–Trinajstić information content (AvgIpc) is 2.31. The van der Waals surface area contributed by atoms with Gasteiger partial charge in [-0.15, -0.1) is 0 Å². The van der Waals surface area contributed by atoms with Crippen LogP contribution in [0.1, 0.15) is 0 Å². The van der Waals surface area contributed by atoms with E-state index in [2.05, 4.69) is 9.97 Å². The molecule has 1 aromatic heterocycles. The van der Waals surface area contributed by atoms with Crippen molar-refractivity contribution in [2.24, 2.45) is 0 Å². The second-order valence-electron chi connectivity index (χ2n) is 3.44. The minimum absolute atomic E-state index is 0.118. The quantitative estimate of drug-likeness (QED) is 0.893. The zero-order chi connectivity index (χ0) is 12.4. The fourth-order valence-electron chi connectivity index (χ4n) is 1.41. The van der Waals surface area contributed by atoms with Crippen LogP contribution in [-0.2, 0) is 0 Å². The van der Waals surface area contributed by atoms with Crippen molar-refractivity contribution in [3.63, 3.8) is 0 Å². The standard InChI is InChI=1S/C11H10ClFN4/c1-17(8-4-2-3-7(13)5-8)10-9(12)6-15-11(14)16-10/h2-6H,1H3,(H2,14,15,16). The molecule has 2 N–H and O–H groups in total. The summed E-state index contributed by atoms with van der Waals surface area (Å²) in [5.41, 5.74) is 6.12. The number of nitrogen functional groups attached to an aromatic ring is 1. The van der Waals surface area contributed by atoms with Gasteiger partial charge in [-0.2, -0.15) is 4.98 Å². The Bertz CT molecular complexity index is 547. The van der Waals surface area contributed by atoms with Crippen LogP contribution >= 0.6 is 11.6 Å². The first-order chi connectivity index (χ1) is 8.08. The van der Waals surface area contributed by atoms with Gasteiger partial charge in [-0.05, 0) is 18.2 Å². The second-order valence-corrected chi connectivity index (χ2v) is 3.85. The number of anilines is 3. The summed E-state index contributed by atoms with van der Waals surface area (Å²) in [5, 5.41) is 0.353. The van der Waals surface area contributed by atoms with E-state index in [1.54, 1.807) is 24.1 Å². The lowest BCUT2D eigenvalue weighted by Gasteiger charge is -2.19. The molecule has 6 heteroatoms. The summed E-state index contributed by atoms with van der Waals surface area (Å²) in [6.45, 7) is 0. The Labute approximate surface area is 103 Å². The fraction of sp³-hybridized carbons (Fsp3) is 0.0909. The van der Waals surface area contributed by atoms with E-state index in [9.17, 15) is 4.39 Å². The summed E-state index contributed by atoms with van der Waals surface area (Å²) < 4.78 is 13.1. The third kappa shape index (κ3) is 2.45. The first kappa shape index (κ1) is 11.6. The minimum Gasteiger partial charge on any atom is -0.368 e. The summed E-state index contributed by atoms with van der Waals surface area (Å²) in [6, 6.07) is 6.11. The molecule has 0 aliphatic rings. The maximum Gasteiger partial charge on any atom is 0.222 e. The fourth-order valence-corrected chi connectivity index (χ4v) is 1.63. The molecule has 88 valence electrons. The van der Waals surface area contributed by atoms with Gasteiger partial charge in [0.25, 0.3) is 0 Å². The van der Waals surface area contributed by atoms with Crippen LogP contribution in [0.25, 0.3) is 0 Å². The normalized spacial score (nSPS) is 10.3. The number of benzene rings is 1. The lowest BCUT2D eigenvalue weighted by atomic mass is 10.3. The zero-order valence-electron chi connectivity index (χ0n) is 9.06. The van der Waals surface area contributed by atoms with Gasteiger partial charge in [0.15, 0.2) is 5.82 Å². The van der Waals surface area contributed by atoms with Crippen molar-refractivity contribution >= 4 is 29.1 Å². The van der Waals surface area contributed by atoms with E-state index in [0.29, 0.717) is 16.5 Å². The molecule has 0 amide bonds. The minimum atomic E-state index is -0.326. The molecule has 0 atom stereocenters. The van der Waals surface area contributed by atoms with Crippen LogP contribution in [0, 0.1) is 5.82 Å². The Hall–Kier alpha value is -1.88. The van der Waals surface area contributed by atoms with E-state index >= 15 is 0 Å². The van der Waals surface area contributed by atoms with E-state index in [4.69, 9.17) is 17.3 Å². The van der Waals surface area contributed by atoms with Crippen LogP contribution in [-0.4, -0.2) is 17.0 Å². The molecule has 17 heavy (non-hydrogen) atoms. The highest BCUT2D eigenvalue weighted by molar-refractivity contribution is 6.33. The highest BCUT2D eigenvalue weighted by atomic mass is 35.5. The predicted molar refractivity (Wildman–Crippen MR) is 65.9 cm³/mol. The van der Waals surface area contributed by atoms with Crippen molar-refractivity contribution in [1.82, 2.24) is 9.97 Å². The molecule has 0 aliphatic heterocycles. The number of hydrogen-bond donors (Lipinski definition) is 1. The monoisotopic (exact) mass is 252 g/mol. The molecular weight excluding hydrogens is 243 g/mol. The molecule has 1 heterocycles. The summed E-state index contributed by atoms with van der Waals surface area (Å²) in [7, 11) is 1.72. The van der Waals surface area contributed by atoms with E-state index in [0.717, 1.165) is 0 Å². The van der Waals surface area contributed by atoms with Crippen LogP contribution in [0.3, 0.4) is 0 Å². The number of nitrogens with zero attached hydrogens (tertiary/aromatic N) is 3. The molecule has 4 nitrogen and oxygen atoms in total. The highest BCUT2D eigenvalue weighted by Crippen LogP contribution is 2.28. The topological polar surface area (TPSA) is 55.0 Å². The van der Waals surface area contributed by atoms with Gasteiger partial charge in [0.2, 0.25) is 5.95 Å².